The van der Waals surface area contributed by atoms with Crippen LogP contribution < -0.4 is 29.6 Å². The second-order valence-electron chi connectivity index (χ2n) is 0.520. The van der Waals surface area contributed by atoms with E-state index in [9.17, 15) is 0 Å². The predicted molar refractivity (Wildman–Crippen MR) is 32.6 cm³/mol. The van der Waals surface area contributed by atoms with Gasteiger partial charge >= 0.3 is 37.8 Å². The minimum atomic E-state index is -2.87. The molecular formula is C2H8BrNaO3P+. The summed E-state index contributed by atoms with van der Waals surface area (Å²) in [5.74, 6) is 0. The fourth-order valence-corrected chi connectivity index (χ4v) is 0. The van der Waals surface area contributed by atoms with Gasteiger partial charge in [-0.2, -0.15) is 0 Å². The summed E-state index contributed by atoms with van der Waals surface area (Å²) in [7, 11) is -2.87. The molecule has 0 aromatic rings. The number of hydrogen-bond donors (Lipinski definition) is 2. The molecule has 0 saturated heterocycles. The average molecular weight is 214 g/mol. The Morgan fingerprint density at radius 3 is 1.75 bits per heavy atom. The predicted octanol–water partition coefficient (Wildman–Crippen LogP) is -1.85. The molecule has 0 aromatic carbocycles. The van der Waals surface area contributed by atoms with Gasteiger partial charge < -0.3 is 1.43 Å². The SMILES string of the molecule is CCBr.O=[P+](O)O.[H-].[Na+]. The van der Waals surface area contributed by atoms with Crippen LogP contribution in [0.2, 0.25) is 0 Å². The second kappa shape index (κ2) is 15.8. The summed E-state index contributed by atoms with van der Waals surface area (Å²) in [6, 6.07) is 0. The maximum atomic E-state index is 8.70. The molecule has 0 amide bonds. The summed E-state index contributed by atoms with van der Waals surface area (Å²) in [5.41, 5.74) is 0. The third-order valence-electron chi connectivity index (χ3n) is 0. The van der Waals surface area contributed by atoms with E-state index < -0.39 is 8.25 Å². The van der Waals surface area contributed by atoms with Crippen molar-refractivity contribution in [2.75, 3.05) is 5.33 Å². The van der Waals surface area contributed by atoms with Crippen molar-refractivity contribution < 1.29 is 45.3 Å². The molecule has 0 atom stereocenters. The first-order valence-corrected chi connectivity index (χ1v) is 3.84. The Kier molecular flexibility index (Phi) is 32.1. The van der Waals surface area contributed by atoms with Gasteiger partial charge in [-0.15, -0.1) is 9.79 Å². The molecule has 0 radical (unpaired) electrons. The molecule has 8 heavy (non-hydrogen) atoms. The first kappa shape index (κ1) is 16.2. The molecule has 0 saturated carbocycles. The van der Waals surface area contributed by atoms with E-state index in [4.69, 9.17) is 14.4 Å². The zero-order valence-electron chi connectivity index (χ0n) is 5.83. The van der Waals surface area contributed by atoms with E-state index in [-0.39, 0.29) is 31.0 Å². The number of hydrogen-bond acceptors (Lipinski definition) is 1. The molecule has 0 fully saturated rings. The third-order valence-corrected chi connectivity index (χ3v) is 0. The number of rotatable bonds is 0. The summed E-state index contributed by atoms with van der Waals surface area (Å²) in [5, 5.41) is 1.06. The van der Waals surface area contributed by atoms with Crippen LogP contribution in [0.1, 0.15) is 8.35 Å². The van der Waals surface area contributed by atoms with E-state index in [1.165, 1.54) is 0 Å². The topological polar surface area (TPSA) is 57.5 Å². The van der Waals surface area contributed by atoms with Crippen molar-refractivity contribution in [1.29, 1.82) is 0 Å². The molecule has 0 aliphatic carbocycles. The minimum absolute atomic E-state index is 0. The summed E-state index contributed by atoms with van der Waals surface area (Å²) < 4.78 is 8.70. The monoisotopic (exact) mass is 213 g/mol. The standard InChI is InChI=1S/C2H5Br.Na.HO3P.H/c1-2-3;;1-4(2)3;/h2H2,1H3;;(H-,1,2,3);/q;+1;;-1/p+1. The second-order valence-corrected chi connectivity index (χ2v) is 2.15. The summed E-state index contributed by atoms with van der Waals surface area (Å²) in [6.07, 6.45) is 0. The molecule has 46 valence electrons. The van der Waals surface area contributed by atoms with Gasteiger partial charge in [-0.05, 0) is 0 Å². The fraction of sp³-hybridized carbons (Fsp3) is 1.00. The Hall–Kier alpha value is 1.50. The summed E-state index contributed by atoms with van der Waals surface area (Å²) in [4.78, 5) is 14.2. The van der Waals surface area contributed by atoms with Crippen LogP contribution >= 0.6 is 24.2 Å². The molecule has 0 spiro atoms. The van der Waals surface area contributed by atoms with Crippen LogP contribution in [0, 0.1) is 0 Å². The quantitative estimate of drug-likeness (QED) is 0.282. The van der Waals surface area contributed by atoms with Gasteiger partial charge in [0, 0.05) is 9.90 Å². The maximum Gasteiger partial charge on any atom is 1.00 e. The fourth-order valence-electron chi connectivity index (χ4n) is 0. The maximum absolute atomic E-state index is 8.70. The Bertz CT molecular complexity index is 53.1. The van der Waals surface area contributed by atoms with Gasteiger partial charge in [-0.1, -0.05) is 22.9 Å². The zero-order valence-corrected chi connectivity index (χ0v) is 9.32. The van der Waals surface area contributed by atoms with Crippen molar-refractivity contribution in [2.24, 2.45) is 0 Å². The summed E-state index contributed by atoms with van der Waals surface area (Å²) in [6.45, 7) is 2.04. The molecule has 0 unspecified atom stereocenters. The van der Waals surface area contributed by atoms with Crippen molar-refractivity contribution in [3.05, 3.63) is 0 Å². The van der Waals surface area contributed by atoms with Gasteiger partial charge in [0.25, 0.3) is 0 Å². The Labute approximate surface area is 81.3 Å². The van der Waals surface area contributed by atoms with Gasteiger partial charge in [-0.25, -0.2) is 0 Å². The van der Waals surface area contributed by atoms with Crippen LogP contribution in [-0.2, 0) is 4.57 Å². The minimum Gasteiger partial charge on any atom is -1.00 e. The normalized spacial score (nSPS) is 5.50. The van der Waals surface area contributed by atoms with E-state index in [0.29, 0.717) is 0 Å². The Morgan fingerprint density at radius 2 is 1.75 bits per heavy atom. The molecule has 2 N–H and O–H groups in total. The van der Waals surface area contributed by atoms with Crippen LogP contribution in [0.15, 0.2) is 0 Å². The van der Waals surface area contributed by atoms with Crippen LogP contribution in [-0.4, -0.2) is 15.1 Å². The smallest absolute Gasteiger partial charge is 1.00 e. The van der Waals surface area contributed by atoms with E-state index in [2.05, 4.69) is 15.9 Å². The Morgan fingerprint density at radius 1 is 1.75 bits per heavy atom. The molecule has 0 aromatic heterocycles. The largest absolute Gasteiger partial charge is 1.00 e. The van der Waals surface area contributed by atoms with Crippen LogP contribution in [0.5, 0.6) is 0 Å². The van der Waals surface area contributed by atoms with Crippen LogP contribution in [0.4, 0.5) is 0 Å². The number of halogens is 1. The van der Waals surface area contributed by atoms with E-state index >= 15 is 0 Å². The van der Waals surface area contributed by atoms with E-state index in [1.54, 1.807) is 0 Å². The van der Waals surface area contributed by atoms with E-state index in [1.807, 2.05) is 6.92 Å². The van der Waals surface area contributed by atoms with Crippen molar-refractivity contribution in [3.8, 4) is 0 Å². The van der Waals surface area contributed by atoms with Gasteiger partial charge in [0.05, 0.1) is 0 Å². The first-order chi connectivity index (χ1) is 3.15. The van der Waals surface area contributed by atoms with E-state index in [0.717, 1.165) is 5.33 Å². The first-order valence-electron chi connectivity index (χ1n) is 1.56. The zero-order chi connectivity index (χ0) is 6.28. The summed E-state index contributed by atoms with van der Waals surface area (Å²) >= 11 is 3.15. The molecule has 0 aliphatic heterocycles. The molecule has 0 bridgehead atoms. The van der Waals surface area contributed by atoms with Crippen molar-refractivity contribution in [1.82, 2.24) is 0 Å². The Balaban J connectivity index is -0.0000000233. The van der Waals surface area contributed by atoms with Crippen molar-refractivity contribution in [2.45, 2.75) is 6.92 Å². The van der Waals surface area contributed by atoms with Gasteiger partial charge in [0.2, 0.25) is 0 Å². The molecule has 3 nitrogen and oxygen atoms in total. The van der Waals surface area contributed by atoms with Gasteiger partial charge in [0.1, 0.15) is 0 Å². The van der Waals surface area contributed by atoms with Crippen LogP contribution in [0.25, 0.3) is 0 Å². The van der Waals surface area contributed by atoms with Crippen molar-refractivity contribution in [3.63, 3.8) is 0 Å². The molecule has 0 aliphatic rings. The van der Waals surface area contributed by atoms with Gasteiger partial charge in [0.15, 0.2) is 0 Å². The van der Waals surface area contributed by atoms with Crippen LogP contribution in [0.3, 0.4) is 0 Å². The van der Waals surface area contributed by atoms with Gasteiger partial charge in [-0.3, -0.25) is 0 Å². The molecule has 6 heteroatoms. The number of alkyl halides is 1. The molecule has 0 heterocycles. The molecular weight excluding hydrogens is 206 g/mol. The average Bonchev–Trinajstić information content (AvgIpc) is 1.33. The molecule has 0 rings (SSSR count). The third kappa shape index (κ3) is 141. The van der Waals surface area contributed by atoms with Crippen molar-refractivity contribution >= 4 is 24.2 Å².